The molecular weight excluding hydrogens is 462 g/mol. The molecule has 1 N–H and O–H groups in total. The zero-order valence-corrected chi connectivity index (χ0v) is 20.4. The monoisotopic (exact) mass is 489 g/mol. The topological polar surface area (TPSA) is 67.6 Å². The number of aromatic nitrogens is 2. The minimum absolute atomic E-state index is 0.0647. The summed E-state index contributed by atoms with van der Waals surface area (Å²) >= 11 is 5.93. The molecule has 2 heterocycles. The second-order valence-corrected chi connectivity index (χ2v) is 9.35. The smallest absolute Gasteiger partial charge is 0.227 e. The molecule has 180 valence electrons. The van der Waals surface area contributed by atoms with Crippen LogP contribution in [0.5, 0.6) is 5.75 Å². The Morgan fingerprint density at radius 1 is 1.09 bits per heavy atom. The highest BCUT2D eigenvalue weighted by Crippen LogP contribution is 2.33. The van der Waals surface area contributed by atoms with Crippen molar-refractivity contribution in [2.24, 2.45) is 0 Å². The van der Waals surface area contributed by atoms with E-state index in [4.69, 9.17) is 21.3 Å². The molecule has 6 nitrogen and oxygen atoms in total. The molecule has 0 radical (unpaired) electrons. The summed E-state index contributed by atoms with van der Waals surface area (Å²) in [5, 5.41) is 11.5. The first-order chi connectivity index (χ1) is 17.0. The summed E-state index contributed by atoms with van der Waals surface area (Å²) in [4.78, 5) is 19.7. The maximum atomic E-state index is 13.0. The van der Waals surface area contributed by atoms with Crippen molar-refractivity contribution in [3.63, 3.8) is 0 Å². The molecule has 0 unspecified atom stereocenters. The fraction of sp³-hybridized carbons (Fsp3) is 0.286. The number of para-hydroxylation sites is 2. The van der Waals surface area contributed by atoms with Gasteiger partial charge >= 0.3 is 0 Å². The molecule has 35 heavy (non-hydrogen) atoms. The van der Waals surface area contributed by atoms with Gasteiger partial charge in [0, 0.05) is 29.6 Å². The molecule has 1 saturated heterocycles. The highest BCUT2D eigenvalue weighted by Gasteiger charge is 2.35. The Balaban J connectivity index is 1.36. The lowest BCUT2D eigenvalue weighted by atomic mass is 10.1. The van der Waals surface area contributed by atoms with Gasteiger partial charge in [-0.1, -0.05) is 42.8 Å². The first-order valence-electron chi connectivity index (χ1n) is 11.9. The normalized spacial score (nSPS) is 16.7. The van der Waals surface area contributed by atoms with Gasteiger partial charge in [0.05, 0.1) is 17.6 Å². The molecule has 7 heteroatoms. The molecule has 4 aromatic rings. The molecule has 2 atom stereocenters. The van der Waals surface area contributed by atoms with Crippen LogP contribution in [-0.4, -0.2) is 39.8 Å². The summed E-state index contributed by atoms with van der Waals surface area (Å²) in [6.45, 7) is 3.13. The number of nitrogens with zero attached hydrogens (tertiary/aromatic N) is 3. The highest BCUT2D eigenvalue weighted by atomic mass is 35.5. The largest absolute Gasteiger partial charge is 0.491 e. The second kappa shape index (κ2) is 10.1. The number of carbonyl (C=O) groups is 1. The summed E-state index contributed by atoms with van der Waals surface area (Å²) in [6.07, 6.45) is 0.595. The van der Waals surface area contributed by atoms with Crippen LogP contribution in [-0.2, 0) is 17.8 Å². The van der Waals surface area contributed by atoms with Crippen molar-refractivity contribution in [2.75, 3.05) is 18.1 Å². The van der Waals surface area contributed by atoms with Crippen LogP contribution in [0.25, 0.3) is 11.0 Å². The summed E-state index contributed by atoms with van der Waals surface area (Å²) < 4.78 is 7.79. The van der Waals surface area contributed by atoms with Crippen LogP contribution in [0.1, 0.15) is 30.7 Å². The Morgan fingerprint density at radius 2 is 1.83 bits per heavy atom. The third-order valence-corrected chi connectivity index (χ3v) is 6.73. The lowest BCUT2D eigenvalue weighted by Gasteiger charge is -2.19. The summed E-state index contributed by atoms with van der Waals surface area (Å²) in [5.41, 5.74) is 3.94. The van der Waals surface area contributed by atoms with E-state index in [2.05, 4.69) is 19.1 Å². The van der Waals surface area contributed by atoms with Gasteiger partial charge < -0.3 is 19.3 Å². The van der Waals surface area contributed by atoms with E-state index < -0.39 is 6.10 Å². The van der Waals surface area contributed by atoms with E-state index in [1.807, 2.05) is 45.9 Å². The maximum Gasteiger partial charge on any atom is 0.227 e. The average Bonchev–Trinajstić information content (AvgIpc) is 3.44. The van der Waals surface area contributed by atoms with Crippen molar-refractivity contribution in [2.45, 2.75) is 38.3 Å². The number of imidazole rings is 1. The molecule has 3 aromatic carbocycles. The Hall–Kier alpha value is -3.35. The number of benzene rings is 3. The zero-order chi connectivity index (χ0) is 24.4. The molecule has 0 spiro atoms. The van der Waals surface area contributed by atoms with Gasteiger partial charge in [-0.15, -0.1) is 0 Å². The van der Waals surface area contributed by atoms with Crippen molar-refractivity contribution < 1.29 is 14.6 Å². The van der Waals surface area contributed by atoms with Gasteiger partial charge in [-0.05, 0) is 60.5 Å². The maximum absolute atomic E-state index is 13.0. The Kier molecular flexibility index (Phi) is 6.75. The van der Waals surface area contributed by atoms with Crippen LogP contribution < -0.4 is 9.64 Å². The summed E-state index contributed by atoms with van der Waals surface area (Å²) in [7, 11) is 0. The first-order valence-corrected chi connectivity index (χ1v) is 12.3. The number of anilines is 1. The number of aliphatic hydroxyl groups is 1. The van der Waals surface area contributed by atoms with Gasteiger partial charge in [-0.2, -0.15) is 0 Å². The van der Waals surface area contributed by atoms with Crippen LogP contribution in [0.2, 0.25) is 5.02 Å². The van der Waals surface area contributed by atoms with E-state index in [0.29, 0.717) is 30.3 Å². The highest BCUT2D eigenvalue weighted by molar-refractivity contribution is 6.30. The fourth-order valence-electron chi connectivity index (χ4n) is 4.63. The number of aryl methyl sites for hydroxylation is 1. The van der Waals surface area contributed by atoms with Crippen LogP contribution >= 0.6 is 11.6 Å². The van der Waals surface area contributed by atoms with Crippen molar-refractivity contribution >= 4 is 34.2 Å². The van der Waals surface area contributed by atoms with E-state index >= 15 is 0 Å². The Labute approximate surface area is 209 Å². The number of aliphatic hydroxyl groups excluding tert-OH is 1. The number of rotatable bonds is 8. The third kappa shape index (κ3) is 5.04. The van der Waals surface area contributed by atoms with Crippen LogP contribution in [0.15, 0.2) is 72.8 Å². The number of hydrogen-bond donors (Lipinski definition) is 1. The molecular formula is C28H28ClN3O3. The molecule has 0 saturated carbocycles. The number of carbonyl (C=O) groups excluding carboxylic acids is 1. The van der Waals surface area contributed by atoms with Crippen LogP contribution in [0, 0.1) is 0 Å². The predicted octanol–water partition coefficient (Wildman–Crippen LogP) is 5.21. The standard InChI is InChI=1S/C28H28ClN3O3/c1-2-19-7-11-22(12-8-19)31-16-20(15-27(31)34)28-30-25-5-3-4-6-26(25)32(28)17-23(33)18-35-24-13-9-21(29)10-14-24/h3-14,20,23,33H,2,15-18H2,1H3/t20-,23-/m1/s1. The molecule has 1 aromatic heterocycles. The molecule has 1 aliphatic heterocycles. The van der Waals surface area contributed by atoms with E-state index in [1.54, 1.807) is 24.3 Å². The molecule has 1 amide bonds. The average molecular weight is 490 g/mol. The number of hydrogen-bond acceptors (Lipinski definition) is 4. The first kappa shape index (κ1) is 23.4. The minimum atomic E-state index is -0.753. The molecule has 1 aliphatic rings. The van der Waals surface area contributed by atoms with Crippen molar-refractivity contribution in [3.8, 4) is 5.75 Å². The summed E-state index contributed by atoms with van der Waals surface area (Å²) in [6, 6.07) is 23.1. The Morgan fingerprint density at radius 3 is 2.57 bits per heavy atom. The SMILES string of the molecule is CCc1ccc(N2C[C@H](c3nc4ccccc4n3C[C@@H](O)COc3ccc(Cl)cc3)CC2=O)cc1. The van der Waals surface area contributed by atoms with Crippen molar-refractivity contribution in [1.82, 2.24) is 9.55 Å². The number of halogens is 1. The number of fused-ring (bicyclic) bond motifs is 1. The van der Waals surface area contributed by atoms with Gasteiger partial charge in [-0.3, -0.25) is 4.79 Å². The minimum Gasteiger partial charge on any atom is -0.491 e. The van der Waals surface area contributed by atoms with E-state index in [0.717, 1.165) is 29.0 Å². The molecule has 5 rings (SSSR count). The van der Waals surface area contributed by atoms with Crippen molar-refractivity contribution in [1.29, 1.82) is 0 Å². The van der Waals surface area contributed by atoms with Crippen molar-refractivity contribution in [3.05, 3.63) is 89.2 Å². The van der Waals surface area contributed by atoms with Gasteiger partial charge in [0.25, 0.3) is 0 Å². The van der Waals surface area contributed by atoms with E-state index in [1.165, 1.54) is 5.56 Å². The quantitative estimate of drug-likeness (QED) is 0.369. The predicted molar refractivity (Wildman–Crippen MR) is 138 cm³/mol. The van der Waals surface area contributed by atoms with E-state index in [9.17, 15) is 9.90 Å². The van der Waals surface area contributed by atoms with Gasteiger partial charge in [0.2, 0.25) is 5.91 Å². The fourth-order valence-corrected chi connectivity index (χ4v) is 4.75. The number of ether oxygens (including phenoxy) is 1. The molecule has 0 aliphatic carbocycles. The molecule has 0 bridgehead atoms. The lowest BCUT2D eigenvalue weighted by molar-refractivity contribution is -0.117. The summed E-state index contributed by atoms with van der Waals surface area (Å²) in [5.74, 6) is 1.49. The van der Waals surface area contributed by atoms with Crippen LogP contribution in [0.3, 0.4) is 0 Å². The van der Waals surface area contributed by atoms with Gasteiger partial charge in [0.1, 0.15) is 24.3 Å². The molecule has 1 fully saturated rings. The lowest BCUT2D eigenvalue weighted by Crippen LogP contribution is -2.26. The van der Waals surface area contributed by atoms with E-state index in [-0.39, 0.29) is 18.4 Å². The van der Waals surface area contributed by atoms with Crippen LogP contribution in [0.4, 0.5) is 5.69 Å². The number of amides is 1. The third-order valence-electron chi connectivity index (χ3n) is 6.48. The van der Waals surface area contributed by atoms with Gasteiger partial charge in [-0.25, -0.2) is 4.98 Å². The van der Waals surface area contributed by atoms with Gasteiger partial charge in [0.15, 0.2) is 0 Å². The Bertz CT molecular complexity index is 1320. The zero-order valence-electron chi connectivity index (χ0n) is 19.6. The second-order valence-electron chi connectivity index (χ2n) is 8.91.